The van der Waals surface area contributed by atoms with Gasteiger partial charge in [0.1, 0.15) is 67.7 Å². The smallest absolute Gasteiger partial charge is 0.416 e. The van der Waals surface area contributed by atoms with Gasteiger partial charge in [0.2, 0.25) is 29.9 Å². The van der Waals surface area contributed by atoms with Crippen molar-refractivity contribution in [3.05, 3.63) is 124 Å². The molecule has 16 N–H and O–H groups in total. The average molecular weight is 1830 g/mol. The van der Waals surface area contributed by atoms with E-state index < -0.39 is 183 Å². The van der Waals surface area contributed by atoms with Gasteiger partial charge >= 0.3 is 24.1 Å². The quantitative estimate of drug-likeness (QED) is 0.0242. The SMILES string of the molecule is COc1cc2c(cc1OCCCCCOc1cc3c(cc1OC)C(=O)N1CC4(CC4)C[C@H]1[C@H](O)N3C(=O)OCc1ccc(NC(=O)[C@H](CO[C@@H]3O[C@H](C(=O)O)[C@@H](O)[C@H](O)[C@H]3O)NC(=O)[C@@H](NC(C)=O)C(C)C)cc1NC(=O)CCOCCOCCOCCOCCN)N(C(=O)OCc1ccc(O[C@@H]3O[C@H](C(=O)O)[C@@H](O)[C@H](O)[C@H]3O)cc1)[C@@H](O)[C@@H]1Cc3ccccc3CN1C2=O. The molecule has 1 aliphatic carbocycles. The zero-order valence-electron chi connectivity index (χ0n) is 72.1. The van der Waals surface area contributed by atoms with Crippen LogP contribution in [0.4, 0.5) is 32.3 Å². The molecule has 8 amide bonds. The zero-order chi connectivity index (χ0) is 93.4. The number of carbonyl (C=O) groups is 10. The molecule has 0 unspecified atom stereocenters. The van der Waals surface area contributed by atoms with Crippen molar-refractivity contribution in [3.63, 3.8) is 0 Å². The molecule has 0 bridgehead atoms. The summed E-state index contributed by atoms with van der Waals surface area (Å²) in [6.07, 6.45) is -22.3. The summed E-state index contributed by atoms with van der Waals surface area (Å²) >= 11 is 0. The predicted octanol–water partition coefficient (Wildman–Crippen LogP) is 0.962. The van der Waals surface area contributed by atoms with Gasteiger partial charge in [0.25, 0.3) is 11.8 Å². The molecule has 12 rings (SSSR count). The van der Waals surface area contributed by atoms with Crippen LogP contribution in [0.1, 0.15) is 109 Å². The van der Waals surface area contributed by atoms with Crippen molar-refractivity contribution in [2.45, 2.75) is 190 Å². The fraction of sp³-hybridized carbons (Fsp3) is 0.540. The Labute approximate surface area is 745 Å². The molecule has 1 saturated carbocycles. The van der Waals surface area contributed by atoms with Crippen molar-refractivity contribution in [2.75, 3.05) is 120 Å². The molecule has 43 heteroatoms. The van der Waals surface area contributed by atoms with Crippen LogP contribution < -0.4 is 60.5 Å². The molecule has 7 aliphatic rings. The lowest BCUT2D eigenvalue weighted by molar-refractivity contribution is -0.294. The van der Waals surface area contributed by atoms with Crippen LogP contribution in [-0.4, -0.2) is 318 Å². The Bertz CT molecular complexity index is 4830. The number of unbranched alkanes of at least 4 members (excludes halogenated alkanes) is 2. The molecule has 3 saturated heterocycles. The van der Waals surface area contributed by atoms with E-state index in [1.807, 2.05) is 24.3 Å². The summed E-state index contributed by atoms with van der Waals surface area (Å²) < 4.78 is 80.1. The average Bonchev–Trinajstić information content (AvgIpc) is 1.44. The molecule has 4 fully saturated rings. The first-order valence-corrected chi connectivity index (χ1v) is 42.5. The molecule has 708 valence electrons. The number of hydrogen-bond donors (Lipinski definition) is 15. The highest BCUT2D eigenvalue weighted by atomic mass is 16.7. The van der Waals surface area contributed by atoms with Crippen molar-refractivity contribution < 1.29 is 165 Å². The van der Waals surface area contributed by atoms with Crippen LogP contribution in [0.5, 0.6) is 28.7 Å². The number of benzene rings is 5. The van der Waals surface area contributed by atoms with Crippen molar-refractivity contribution in [3.8, 4) is 28.7 Å². The van der Waals surface area contributed by atoms with E-state index in [9.17, 15) is 94.2 Å². The number of ether oxygens (including phenoxy) is 14. The van der Waals surface area contributed by atoms with Gasteiger partial charge in [-0.25, -0.2) is 29.0 Å². The molecule has 16 atom stereocenters. The molecule has 43 nitrogen and oxygen atoms in total. The van der Waals surface area contributed by atoms with Gasteiger partial charge in [-0.2, -0.15) is 0 Å². The Morgan fingerprint density at radius 1 is 0.562 bits per heavy atom. The second-order valence-corrected chi connectivity index (χ2v) is 32.6. The van der Waals surface area contributed by atoms with Crippen molar-refractivity contribution in [1.29, 1.82) is 0 Å². The minimum absolute atomic E-state index is 0.0118. The Kier molecular flexibility index (Phi) is 33.5. The maximum Gasteiger partial charge on any atom is 0.416 e. The van der Waals surface area contributed by atoms with E-state index >= 15 is 4.79 Å². The summed E-state index contributed by atoms with van der Waals surface area (Å²) in [6.45, 7) is 5.00. The third kappa shape index (κ3) is 23.5. The van der Waals surface area contributed by atoms with Gasteiger partial charge in [0, 0.05) is 55.6 Å². The lowest BCUT2D eigenvalue weighted by Crippen LogP contribution is -2.61. The Morgan fingerprint density at radius 2 is 1.10 bits per heavy atom. The third-order valence-electron chi connectivity index (χ3n) is 23.2. The van der Waals surface area contributed by atoms with Gasteiger partial charge in [-0.05, 0) is 109 Å². The number of nitrogens with zero attached hydrogens (tertiary/aromatic N) is 4. The lowest BCUT2D eigenvalue weighted by Gasteiger charge is -2.39. The lowest BCUT2D eigenvalue weighted by atomic mass is 9.93. The maximum absolute atomic E-state index is 15.2. The largest absolute Gasteiger partial charge is 0.493 e. The number of aliphatic carboxylic acids is 2. The number of amides is 8. The molecular weight excluding hydrogens is 1710 g/mol. The third-order valence-corrected chi connectivity index (χ3v) is 23.2. The number of methoxy groups -OCH3 is 2. The number of carbonyl (C=O) groups excluding carboxylic acids is 8. The summed E-state index contributed by atoms with van der Waals surface area (Å²) in [5.41, 5.74) is 6.93. The van der Waals surface area contributed by atoms with Gasteiger partial charge in [-0.15, -0.1) is 0 Å². The first-order chi connectivity index (χ1) is 62.3. The molecule has 130 heavy (non-hydrogen) atoms. The first kappa shape index (κ1) is 97.8. The van der Waals surface area contributed by atoms with Crippen molar-refractivity contribution in [1.82, 2.24) is 20.4 Å². The number of nitrogens with two attached hydrogens (primary N) is 1. The standard InChI is InChI=1S/C87H111N9O34/c1-45(2)66(89-46(3)97)76(106)92-56(43-125-83-71(103)67(99)69(101)73(129-83)81(111)112)75(105)90-51-16-15-50(55(34-51)91-65(98)19-25-119-27-29-121-31-32-122-30-28-120-26-22-88)42-127-86(116)96-58-38-64(62(118-5)36-54(58)78(108)94-44-87(20-21-87)39-60(94)80(96)110)124-24-10-6-9-23-123-63-37-57-53(35-61(63)117-4)77(107)93-40-49-12-8-7-11-48(49)33-59(93)79(109)95(57)85(115)126-41-47-13-17-52(18-14-47)128-84-72(104)68(100)70(102)74(130-84)82(113)114/h7-8,11-18,34-38,45,56,59-60,66-74,79-80,83-84,99-104,109-110H,6,9-10,19-33,39-44,88H2,1-5H3,(H,89,97)(H,90,105)(H,91,98)(H,92,106)(H,111,112)(H,113,114)/t56-,59-,60-,66-,67-,68-,69-,70-,71+,72+,73-,74-,79-,80-,83+,84+/m0/s1. The number of hydrogen-bond acceptors (Lipinski definition) is 33. The van der Waals surface area contributed by atoms with Crippen LogP contribution in [0.15, 0.2) is 91.0 Å². The van der Waals surface area contributed by atoms with E-state index in [-0.39, 0.29) is 146 Å². The molecular formula is C87H111N9O34. The van der Waals surface area contributed by atoms with E-state index in [2.05, 4.69) is 21.3 Å². The van der Waals surface area contributed by atoms with Crippen LogP contribution in [0.3, 0.4) is 0 Å². The maximum atomic E-state index is 15.2. The van der Waals surface area contributed by atoms with E-state index in [0.717, 1.165) is 33.8 Å². The first-order valence-electron chi connectivity index (χ1n) is 42.5. The van der Waals surface area contributed by atoms with Crippen molar-refractivity contribution in [2.24, 2.45) is 17.1 Å². The number of carboxylic acid groups (broad SMARTS) is 2. The highest BCUT2D eigenvalue weighted by molar-refractivity contribution is 6.08. The summed E-state index contributed by atoms with van der Waals surface area (Å²) in [5, 5.41) is 117. The molecule has 0 radical (unpaired) electrons. The van der Waals surface area contributed by atoms with Crippen molar-refractivity contribution >= 4 is 82.3 Å². The number of anilines is 4. The van der Waals surface area contributed by atoms with Crippen LogP contribution in [-0.2, 0) is 97.6 Å². The summed E-state index contributed by atoms with van der Waals surface area (Å²) in [4.78, 5) is 143. The summed E-state index contributed by atoms with van der Waals surface area (Å²) in [7, 11) is 2.73. The summed E-state index contributed by atoms with van der Waals surface area (Å²) in [5.74, 6) is -7.71. The summed E-state index contributed by atoms with van der Waals surface area (Å²) in [6, 6.07) is 17.9. The Hall–Kier alpha value is -11.2. The minimum atomic E-state index is -2.11. The molecule has 0 aromatic heterocycles. The second-order valence-electron chi connectivity index (χ2n) is 32.6. The van der Waals surface area contributed by atoms with Crippen LogP contribution in [0, 0.1) is 11.3 Å². The Morgan fingerprint density at radius 3 is 1.65 bits per heavy atom. The normalized spacial score (nSPS) is 24.0. The molecule has 6 heterocycles. The van der Waals surface area contributed by atoms with Crippen LogP contribution in [0.2, 0.25) is 0 Å². The number of aliphatic hydroxyl groups is 8. The highest BCUT2D eigenvalue weighted by Gasteiger charge is 2.59. The van der Waals surface area contributed by atoms with Crippen LogP contribution in [0.25, 0.3) is 0 Å². The second kappa shape index (κ2) is 44.6. The number of nitrogens with one attached hydrogen (secondary N) is 4. The minimum Gasteiger partial charge on any atom is -0.493 e. The van der Waals surface area contributed by atoms with Gasteiger partial charge in [-0.3, -0.25) is 28.8 Å². The van der Waals surface area contributed by atoms with E-state index in [1.54, 1.807) is 13.8 Å². The predicted molar refractivity (Wildman–Crippen MR) is 450 cm³/mol. The Balaban J connectivity index is 0.736. The molecule has 5 aromatic carbocycles. The monoisotopic (exact) mass is 1830 g/mol. The molecule has 5 aromatic rings. The number of rotatable bonds is 42. The fourth-order valence-corrected chi connectivity index (χ4v) is 15.9. The number of fused-ring (bicyclic) bond motifs is 5. The van der Waals surface area contributed by atoms with Gasteiger partial charge in [0.05, 0.1) is 128 Å². The topological polar surface area (TPSA) is 589 Å². The van der Waals surface area contributed by atoms with E-state index in [0.29, 0.717) is 57.6 Å². The molecule has 1 spiro atoms. The molecule has 6 aliphatic heterocycles. The zero-order valence-corrected chi connectivity index (χ0v) is 72.1. The number of carboxylic acids is 2. The van der Waals surface area contributed by atoms with Gasteiger partial charge in [-0.1, -0.05) is 56.3 Å². The number of aliphatic hydroxyl groups excluding tert-OH is 8. The fourth-order valence-electron chi connectivity index (χ4n) is 15.9. The van der Waals surface area contributed by atoms with E-state index in [1.165, 1.54) is 97.7 Å². The highest BCUT2D eigenvalue weighted by Crippen LogP contribution is 2.57. The van der Waals surface area contributed by atoms with E-state index in [4.69, 9.17) is 72.0 Å². The van der Waals surface area contributed by atoms with Gasteiger partial charge in [0.15, 0.2) is 54.0 Å². The van der Waals surface area contributed by atoms with Gasteiger partial charge < -0.3 is 154 Å². The van der Waals surface area contributed by atoms with Crippen LogP contribution >= 0.6 is 0 Å².